The number of nitrogens with one attached hydrogen (secondary N) is 1. The Labute approximate surface area is 159 Å². The van der Waals surface area contributed by atoms with E-state index in [4.69, 9.17) is 5.10 Å². The van der Waals surface area contributed by atoms with E-state index >= 15 is 0 Å². The maximum Gasteiger partial charge on any atom is 0.252 e. The molecular weight excluding hydrogens is 341 g/mol. The molecule has 0 aliphatic rings. The van der Waals surface area contributed by atoms with Gasteiger partial charge in [-0.05, 0) is 70.5 Å². The van der Waals surface area contributed by atoms with Gasteiger partial charge in [-0.25, -0.2) is 9.07 Å². The van der Waals surface area contributed by atoms with E-state index in [0.29, 0.717) is 5.56 Å². The average molecular weight is 365 g/mol. The number of nitrogens with zero attached hydrogens (tertiary/aromatic N) is 2. The second-order valence-corrected chi connectivity index (χ2v) is 7.70. The Hall–Kier alpha value is -2.95. The highest BCUT2D eigenvalue weighted by Crippen LogP contribution is 2.29. The fourth-order valence-corrected chi connectivity index (χ4v) is 2.97. The summed E-state index contributed by atoms with van der Waals surface area (Å²) in [5.41, 5.74) is 4.48. The van der Waals surface area contributed by atoms with E-state index in [-0.39, 0.29) is 17.3 Å². The third-order valence-corrected chi connectivity index (χ3v) is 4.40. The summed E-state index contributed by atoms with van der Waals surface area (Å²) in [6.45, 7) is 9.80. The van der Waals surface area contributed by atoms with Gasteiger partial charge in [0.2, 0.25) is 0 Å². The molecule has 1 heterocycles. The van der Waals surface area contributed by atoms with Crippen molar-refractivity contribution in [1.82, 2.24) is 15.1 Å². The van der Waals surface area contributed by atoms with Crippen LogP contribution in [0.15, 0.2) is 48.5 Å². The van der Waals surface area contributed by atoms with Gasteiger partial charge < -0.3 is 5.32 Å². The van der Waals surface area contributed by atoms with Crippen LogP contribution < -0.4 is 5.32 Å². The second-order valence-electron chi connectivity index (χ2n) is 7.70. The van der Waals surface area contributed by atoms with Gasteiger partial charge in [-0.2, -0.15) is 5.10 Å². The van der Waals surface area contributed by atoms with E-state index in [1.54, 1.807) is 16.8 Å². The van der Waals surface area contributed by atoms with Crippen LogP contribution in [0.1, 0.15) is 42.4 Å². The monoisotopic (exact) mass is 365 g/mol. The smallest absolute Gasteiger partial charge is 0.252 e. The molecule has 0 unspecified atom stereocenters. The number of hydrogen-bond donors (Lipinski definition) is 1. The molecule has 0 aliphatic carbocycles. The Morgan fingerprint density at radius 1 is 1.04 bits per heavy atom. The maximum atomic E-state index is 13.3. The van der Waals surface area contributed by atoms with Gasteiger partial charge in [-0.15, -0.1) is 0 Å². The molecule has 1 aromatic heterocycles. The number of carbonyl (C=O) groups excluding carboxylic acids is 1. The van der Waals surface area contributed by atoms with Gasteiger partial charge in [0.1, 0.15) is 5.82 Å². The van der Waals surface area contributed by atoms with Gasteiger partial charge in [0.25, 0.3) is 5.91 Å². The number of halogens is 1. The largest absolute Gasteiger partial charge is 0.347 e. The molecule has 0 saturated heterocycles. The molecule has 0 saturated carbocycles. The highest BCUT2D eigenvalue weighted by atomic mass is 19.1. The lowest BCUT2D eigenvalue weighted by Gasteiger charge is -2.21. The van der Waals surface area contributed by atoms with Crippen molar-refractivity contribution in [2.75, 3.05) is 0 Å². The molecule has 0 spiro atoms. The first-order chi connectivity index (χ1) is 12.7. The van der Waals surface area contributed by atoms with Gasteiger partial charge in [-0.1, -0.05) is 18.2 Å². The zero-order valence-corrected chi connectivity index (χ0v) is 16.3. The van der Waals surface area contributed by atoms with E-state index in [1.807, 2.05) is 58.9 Å². The Morgan fingerprint density at radius 2 is 1.67 bits per heavy atom. The molecule has 140 valence electrons. The molecular formula is C22H24FN3O. The highest BCUT2D eigenvalue weighted by Gasteiger charge is 2.22. The van der Waals surface area contributed by atoms with Crippen LogP contribution in [-0.4, -0.2) is 21.2 Å². The second kappa shape index (κ2) is 6.99. The fraction of sp³-hybridized carbons (Fsp3) is 0.273. The SMILES string of the molecule is Cc1c(-c2ccccc2C(=O)NC(C)(C)C)nn(-c2ccc(F)cc2)c1C. The minimum Gasteiger partial charge on any atom is -0.347 e. The van der Waals surface area contributed by atoms with Crippen LogP contribution >= 0.6 is 0 Å². The molecule has 3 rings (SSSR count). The van der Waals surface area contributed by atoms with E-state index in [0.717, 1.165) is 28.2 Å². The van der Waals surface area contributed by atoms with Crippen molar-refractivity contribution in [1.29, 1.82) is 0 Å². The van der Waals surface area contributed by atoms with Crippen LogP contribution in [0.2, 0.25) is 0 Å². The van der Waals surface area contributed by atoms with Crippen molar-refractivity contribution in [3.8, 4) is 16.9 Å². The molecule has 0 atom stereocenters. The lowest BCUT2D eigenvalue weighted by molar-refractivity contribution is 0.0920. The Bertz CT molecular complexity index is 982. The first kappa shape index (κ1) is 18.8. The Morgan fingerprint density at radius 3 is 2.30 bits per heavy atom. The van der Waals surface area contributed by atoms with Crippen LogP contribution in [0.5, 0.6) is 0 Å². The van der Waals surface area contributed by atoms with E-state index < -0.39 is 0 Å². The van der Waals surface area contributed by atoms with Crippen molar-refractivity contribution in [3.63, 3.8) is 0 Å². The highest BCUT2D eigenvalue weighted by molar-refractivity contribution is 6.01. The number of aromatic nitrogens is 2. The summed E-state index contributed by atoms with van der Waals surface area (Å²) in [6.07, 6.45) is 0. The molecule has 2 aromatic carbocycles. The predicted octanol–water partition coefficient (Wildman–Crippen LogP) is 4.82. The molecule has 1 amide bonds. The van der Waals surface area contributed by atoms with E-state index in [2.05, 4.69) is 5.32 Å². The van der Waals surface area contributed by atoms with Gasteiger partial charge in [0.05, 0.1) is 11.4 Å². The standard InChI is InChI=1S/C22H24FN3O/c1-14-15(2)26(17-12-10-16(23)11-13-17)25-20(14)18-8-6-7-9-19(18)21(27)24-22(3,4)5/h6-13H,1-5H3,(H,24,27). The minimum atomic E-state index is -0.331. The zero-order chi connectivity index (χ0) is 19.8. The summed E-state index contributed by atoms with van der Waals surface area (Å²) >= 11 is 0. The summed E-state index contributed by atoms with van der Waals surface area (Å²) in [6, 6.07) is 13.7. The first-order valence-corrected chi connectivity index (χ1v) is 8.91. The molecule has 0 radical (unpaired) electrons. The van der Waals surface area contributed by atoms with Gasteiger partial charge in [0.15, 0.2) is 0 Å². The quantitative estimate of drug-likeness (QED) is 0.723. The maximum absolute atomic E-state index is 13.3. The first-order valence-electron chi connectivity index (χ1n) is 8.91. The van der Waals surface area contributed by atoms with Gasteiger partial charge in [-0.3, -0.25) is 4.79 Å². The molecule has 0 aliphatic heterocycles. The van der Waals surface area contributed by atoms with Crippen molar-refractivity contribution in [3.05, 3.63) is 71.2 Å². The molecule has 4 nitrogen and oxygen atoms in total. The fourth-order valence-electron chi connectivity index (χ4n) is 2.97. The van der Waals surface area contributed by atoms with Gasteiger partial charge >= 0.3 is 0 Å². The lowest BCUT2D eigenvalue weighted by Crippen LogP contribution is -2.40. The summed E-state index contributed by atoms with van der Waals surface area (Å²) < 4.78 is 15.0. The number of rotatable bonds is 3. The third kappa shape index (κ3) is 3.92. The summed E-state index contributed by atoms with van der Waals surface area (Å²) in [4.78, 5) is 12.8. The van der Waals surface area contributed by atoms with Gasteiger partial charge in [0, 0.05) is 22.4 Å². The van der Waals surface area contributed by atoms with Crippen LogP contribution in [0.3, 0.4) is 0 Å². The van der Waals surface area contributed by atoms with Crippen molar-refractivity contribution in [2.24, 2.45) is 0 Å². The third-order valence-electron chi connectivity index (χ3n) is 4.40. The van der Waals surface area contributed by atoms with Crippen LogP contribution in [-0.2, 0) is 0 Å². The molecule has 1 N–H and O–H groups in total. The number of benzene rings is 2. The van der Waals surface area contributed by atoms with Crippen LogP contribution in [0, 0.1) is 19.7 Å². The lowest BCUT2D eigenvalue weighted by atomic mass is 9.99. The van der Waals surface area contributed by atoms with E-state index in [9.17, 15) is 9.18 Å². The number of amides is 1. The van der Waals surface area contributed by atoms with Crippen LogP contribution in [0.4, 0.5) is 4.39 Å². The molecule has 0 fully saturated rings. The topological polar surface area (TPSA) is 46.9 Å². The predicted molar refractivity (Wildman–Crippen MR) is 106 cm³/mol. The molecule has 5 heteroatoms. The molecule has 0 bridgehead atoms. The minimum absolute atomic E-state index is 0.133. The zero-order valence-electron chi connectivity index (χ0n) is 16.3. The number of carbonyl (C=O) groups is 1. The van der Waals surface area contributed by atoms with Crippen molar-refractivity contribution < 1.29 is 9.18 Å². The summed E-state index contributed by atoms with van der Waals surface area (Å²) in [5, 5.41) is 7.74. The van der Waals surface area contributed by atoms with E-state index in [1.165, 1.54) is 12.1 Å². The normalized spacial score (nSPS) is 11.5. The molecule has 27 heavy (non-hydrogen) atoms. The molecule has 3 aromatic rings. The summed E-state index contributed by atoms with van der Waals surface area (Å²) in [5.74, 6) is -0.420. The van der Waals surface area contributed by atoms with Crippen molar-refractivity contribution in [2.45, 2.75) is 40.2 Å². The number of hydrogen-bond acceptors (Lipinski definition) is 2. The Kier molecular flexibility index (Phi) is 4.87. The van der Waals surface area contributed by atoms with Crippen LogP contribution in [0.25, 0.3) is 16.9 Å². The van der Waals surface area contributed by atoms with Crippen molar-refractivity contribution >= 4 is 5.91 Å². The Balaban J connectivity index is 2.09. The average Bonchev–Trinajstić information content (AvgIpc) is 2.90. The summed E-state index contributed by atoms with van der Waals surface area (Å²) in [7, 11) is 0.